The van der Waals surface area contributed by atoms with Crippen molar-refractivity contribution in [3.05, 3.63) is 102 Å². The highest BCUT2D eigenvalue weighted by atomic mass is 19.1. The van der Waals surface area contributed by atoms with Gasteiger partial charge in [0.05, 0.1) is 18.8 Å². The van der Waals surface area contributed by atoms with Gasteiger partial charge in [0.15, 0.2) is 0 Å². The summed E-state index contributed by atoms with van der Waals surface area (Å²) >= 11 is 0. The zero-order chi connectivity index (χ0) is 21.5. The van der Waals surface area contributed by atoms with Gasteiger partial charge in [0, 0.05) is 18.8 Å². The summed E-state index contributed by atoms with van der Waals surface area (Å²) in [5, 5.41) is 0. The van der Waals surface area contributed by atoms with Gasteiger partial charge in [0.25, 0.3) is 0 Å². The first kappa shape index (κ1) is 20.8. The number of rotatable bonds is 6. The first-order valence-corrected chi connectivity index (χ1v) is 10.1. The summed E-state index contributed by atoms with van der Waals surface area (Å²) in [6, 6.07) is 19.4. The number of carbonyl (C=O) groups is 1. The third-order valence-electron chi connectivity index (χ3n) is 5.03. The summed E-state index contributed by atoms with van der Waals surface area (Å²) in [6.45, 7) is 1.82. The van der Waals surface area contributed by atoms with E-state index in [1.807, 2.05) is 42.5 Å². The molecule has 1 aliphatic heterocycles. The van der Waals surface area contributed by atoms with Crippen LogP contribution in [0.2, 0.25) is 0 Å². The van der Waals surface area contributed by atoms with E-state index in [1.54, 1.807) is 35.4 Å². The van der Waals surface area contributed by atoms with Crippen LogP contribution < -0.4 is 4.74 Å². The second-order valence-electron chi connectivity index (χ2n) is 7.21. The van der Waals surface area contributed by atoms with Crippen LogP contribution in [-0.2, 0) is 16.1 Å². The fourth-order valence-electron chi connectivity index (χ4n) is 3.32. The third kappa shape index (κ3) is 5.77. The molecule has 3 aromatic rings. The van der Waals surface area contributed by atoms with Gasteiger partial charge in [-0.05, 0) is 53.6 Å². The van der Waals surface area contributed by atoms with E-state index in [0.29, 0.717) is 26.3 Å². The SMILES string of the molecule is O=C(/C=C/c1ccc(OCc2ccccn2)cc1)N1CCO[C@H](c2ccc(F)cc2)C1. The number of hydrogen-bond donors (Lipinski definition) is 0. The maximum atomic E-state index is 13.1. The van der Waals surface area contributed by atoms with Crippen LogP contribution >= 0.6 is 0 Å². The van der Waals surface area contributed by atoms with E-state index in [-0.39, 0.29) is 17.8 Å². The molecule has 0 bridgehead atoms. The molecule has 6 heteroatoms. The molecule has 0 N–H and O–H groups in total. The normalized spacial score (nSPS) is 16.4. The van der Waals surface area contributed by atoms with E-state index in [0.717, 1.165) is 22.6 Å². The summed E-state index contributed by atoms with van der Waals surface area (Å²) in [7, 11) is 0. The Balaban J connectivity index is 1.31. The van der Waals surface area contributed by atoms with Gasteiger partial charge in [0.1, 0.15) is 24.3 Å². The minimum Gasteiger partial charge on any atom is -0.487 e. The first-order chi connectivity index (χ1) is 15.2. The summed E-state index contributed by atoms with van der Waals surface area (Å²) in [6.07, 6.45) is 4.84. The highest BCUT2D eigenvalue weighted by Crippen LogP contribution is 2.23. The number of halogens is 1. The average molecular weight is 418 g/mol. The second-order valence-corrected chi connectivity index (χ2v) is 7.21. The summed E-state index contributed by atoms with van der Waals surface area (Å²) in [4.78, 5) is 18.6. The van der Waals surface area contributed by atoms with Crippen LogP contribution in [0.3, 0.4) is 0 Å². The molecule has 2 heterocycles. The van der Waals surface area contributed by atoms with Gasteiger partial charge in [0.2, 0.25) is 5.91 Å². The molecule has 0 saturated carbocycles. The molecule has 1 amide bonds. The molecule has 158 valence electrons. The predicted molar refractivity (Wildman–Crippen MR) is 116 cm³/mol. The number of carbonyl (C=O) groups excluding carboxylic acids is 1. The molecule has 0 unspecified atom stereocenters. The Morgan fingerprint density at radius 2 is 1.94 bits per heavy atom. The van der Waals surface area contributed by atoms with Gasteiger partial charge < -0.3 is 14.4 Å². The molecule has 0 spiro atoms. The summed E-state index contributed by atoms with van der Waals surface area (Å²) in [5.41, 5.74) is 2.63. The van der Waals surface area contributed by atoms with E-state index < -0.39 is 0 Å². The molecule has 1 saturated heterocycles. The Hall–Kier alpha value is -3.51. The third-order valence-corrected chi connectivity index (χ3v) is 5.03. The number of hydrogen-bond acceptors (Lipinski definition) is 4. The van der Waals surface area contributed by atoms with E-state index in [2.05, 4.69) is 4.98 Å². The molecule has 1 atom stereocenters. The highest BCUT2D eigenvalue weighted by Gasteiger charge is 2.24. The van der Waals surface area contributed by atoms with Gasteiger partial charge in [-0.2, -0.15) is 0 Å². The van der Waals surface area contributed by atoms with Gasteiger partial charge in [-0.1, -0.05) is 30.3 Å². The molecule has 1 aromatic heterocycles. The Morgan fingerprint density at radius 1 is 1.13 bits per heavy atom. The van der Waals surface area contributed by atoms with Gasteiger partial charge in [-0.25, -0.2) is 4.39 Å². The number of ether oxygens (including phenoxy) is 2. The van der Waals surface area contributed by atoms with Crippen LogP contribution in [0, 0.1) is 5.82 Å². The van der Waals surface area contributed by atoms with Crippen molar-refractivity contribution in [3.8, 4) is 5.75 Å². The smallest absolute Gasteiger partial charge is 0.246 e. The number of amides is 1. The van der Waals surface area contributed by atoms with E-state index in [4.69, 9.17) is 9.47 Å². The number of benzene rings is 2. The van der Waals surface area contributed by atoms with Crippen LogP contribution in [0.15, 0.2) is 79.0 Å². The minimum atomic E-state index is -0.288. The number of aromatic nitrogens is 1. The van der Waals surface area contributed by atoms with Crippen molar-refractivity contribution >= 4 is 12.0 Å². The standard InChI is InChI=1S/C25H23FN2O3/c26-21-9-7-20(8-10-21)24-17-28(15-16-30-24)25(29)13-6-19-4-11-23(12-5-19)31-18-22-3-1-2-14-27-22/h1-14,24H,15-18H2/b13-6+/t24-/m0/s1. The molecular weight excluding hydrogens is 395 g/mol. The van der Waals surface area contributed by atoms with Crippen molar-refractivity contribution in [1.82, 2.24) is 9.88 Å². The molecular formula is C25H23FN2O3. The van der Waals surface area contributed by atoms with Crippen LogP contribution in [-0.4, -0.2) is 35.5 Å². The predicted octanol–water partition coefficient (Wildman–Crippen LogP) is 4.41. The highest BCUT2D eigenvalue weighted by molar-refractivity contribution is 5.91. The number of morpholine rings is 1. The van der Waals surface area contributed by atoms with Crippen molar-refractivity contribution in [2.24, 2.45) is 0 Å². The minimum absolute atomic E-state index is 0.0779. The van der Waals surface area contributed by atoms with Gasteiger partial charge in [-0.15, -0.1) is 0 Å². The molecule has 0 radical (unpaired) electrons. The van der Waals surface area contributed by atoms with E-state index in [9.17, 15) is 9.18 Å². The first-order valence-electron chi connectivity index (χ1n) is 10.1. The molecule has 2 aromatic carbocycles. The molecule has 31 heavy (non-hydrogen) atoms. The van der Waals surface area contributed by atoms with E-state index in [1.165, 1.54) is 12.1 Å². The lowest BCUT2D eigenvalue weighted by Crippen LogP contribution is -2.41. The second kappa shape index (κ2) is 10.00. The van der Waals surface area contributed by atoms with Gasteiger partial charge in [-0.3, -0.25) is 9.78 Å². The fourth-order valence-corrected chi connectivity index (χ4v) is 3.32. The Labute approximate surface area is 180 Å². The summed E-state index contributed by atoms with van der Waals surface area (Å²) < 4.78 is 24.6. The van der Waals surface area contributed by atoms with Crippen LogP contribution in [0.5, 0.6) is 5.75 Å². The quantitative estimate of drug-likeness (QED) is 0.557. The van der Waals surface area contributed by atoms with Crippen LogP contribution in [0.1, 0.15) is 22.9 Å². The Kier molecular flexibility index (Phi) is 6.69. The average Bonchev–Trinajstić information content (AvgIpc) is 2.83. The largest absolute Gasteiger partial charge is 0.487 e. The van der Waals surface area contributed by atoms with Crippen molar-refractivity contribution in [1.29, 1.82) is 0 Å². The molecule has 1 fully saturated rings. The maximum absolute atomic E-state index is 13.1. The summed E-state index contributed by atoms with van der Waals surface area (Å²) in [5.74, 6) is 0.374. The number of nitrogens with zero attached hydrogens (tertiary/aromatic N) is 2. The fraction of sp³-hybridized carbons (Fsp3) is 0.200. The van der Waals surface area contributed by atoms with E-state index >= 15 is 0 Å². The molecule has 0 aliphatic carbocycles. The zero-order valence-electron chi connectivity index (χ0n) is 17.0. The lowest BCUT2D eigenvalue weighted by molar-refractivity contribution is -0.133. The van der Waals surface area contributed by atoms with Crippen LogP contribution in [0.4, 0.5) is 4.39 Å². The van der Waals surface area contributed by atoms with Crippen molar-refractivity contribution < 1.29 is 18.7 Å². The molecule has 5 nitrogen and oxygen atoms in total. The number of pyridine rings is 1. The van der Waals surface area contributed by atoms with Crippen molar-refractivity contribution in [3.63, 3.8) is 0 Å². The monoisotopic (exact) mass is 418 g/mol. The Bertz CT molecular complexity index is 1020. The molecule has 1 aliphatic rings. The van der Waals surface area contributed by atoms with Gasteiger partial charge >= 0.3 is 0 Å². The zero-order valence-corrected chi connectivity index (χ0v) is 17.0. The van der Waals surface area contributed by atoms with Crippen LogP contribution in [0.25, 0.3) is 6.08 Å². The lowest BCUT2D eigenvalue weighted by atomic mass is 10.1. The lowest BCUT2D eigenvalue weighted by Gasteiger charge is -2.32. The van der Waals surface area contributed by atoms with Crippen molar-refractivity contribution in [2.75, 3.05) is 19.7 Å². The maximum Gasteiger partial charge on any atom is 0.246 e. The Morgan fingerprint density at radius 3 is 2.68 bits per heavy atom. The van der Waals surface area contributed by atoms with Crippen molar-refractivity contribution in [2.45, 2.75) is 12.7 Å². The topological polar surface area (TPSA) is 51.7 Å². The molecule has 4 rings (SSSR count).